The lowest BCUT2D eigenvalue weighted by Gasteiger charge is -2.29. The molecule has 3 aromatic heterocycles. The molecule has 0 bridgehead atoms. The Kier molecular flexibility index (Phi) is 7.16. The van der Waals surface area contributed by atoms with Crippen LogP contribution in [0.4, 0.5) is 11.4 Å². The van der Waals surface area contributed by atoms with Gasteiger partial charge in [0.25, 0.3) is 0 Å². The number of hydrogen-bond donors (Lipinski definition) is 0. The van der Waals surface area contributed by atoms with E-state index in [1.54, 1.807) is 0 Å². The van der Waals surface area contributed by atoms with E-state index in [2.05, 4.69) is 126 Å². The van der Waals surface area contributed by atoms with Crippen LogP contribution in [-0.4, -0.2) is 21.0 Å². The number of nitrogens with zero attached hydrogens (tertiary/aromatic N) is 4. The highest BCUT2D eigenvalue weighted by Crippen LogP contribution is 2.53. The number of hydrogen-bond acceptors (Lipinski definition) is 6. The molecule has 0 radical (unpaired) electrons. The maximum absolute atomic E-state index is 7.08. The summed E-state index contributed by atoms with van der Waals surface area (Å²) < 4.78 is 9.59. The molecular weight excluding hydrogens is 717 g/mol. The highest BCUT2D eigenvalue weighted by atomic mass is 32.1. The minimum absolute atomic E-state index is 0.206. The Labute approximate surface area is 332 Å². The van der Waals surface area contributed by atoms with E-state index < -0.39 is 0 Å². The van der Waals surface area contributed by atoms with Crippen LogP contribution in [0.3, 0.4) is 0 Å². The summed E-state index contributed by atoms with van der Waals surface area (Å²) in [4.78, 5) is 17.6. The van der Waals surface area contributed by atoms with Crippen LogP contribution in [0.1, 0.15) is 11.5 Å². The van der Waals surface area contributed by atoms with E-state index in [1.807, 2.05) is 72.0 Å². The Hall–Kier alpha value is -7.15. The lowest BCUT2D eigenvalue weighted by atomic mass is 9.91. The molecule has 0 N–H and O–H groups in total. The number of benzene rings is 7. The molecule has 2 aliphatic rings. The van der Waals surface area contributed by atoms with E-state index >= 15 is 0 Å². The largest absolute Gasteiger partial charge is 0.455 e. The second kappa shape index (κ2) is 12.7. The van der Waals surface area contributed by atoms with E-state index in [0.29, 0.717) is 23.4 Å². The summed E-state index contributed by atoms with van der Waals surface area (Å²) in [6, 6.07) is 55.5. The van der Waals surface area contributed by atoms with Gasteiger partial charge in [-0.1, -0.05) is 152 Å². The van der Waals surface area contributed by atoms with Crippen molar-refractivity contribution in [2.45, 2.75) is 12.0 Å². The average Bonchev–Trinajstić information content (AvgIpc) is 3.97. The molecule has 268 valence electrons. The van der Waals surface area contributed by atoms with Crippen molar-refractivity contribution in [2.24, 2.45) is 0 Å². The van der Waals surface area contributed by atoms with Crippen molar-refractivity contribution in [2.75, 3.05) is 4.90 Å². The first-order valence-electron chi connectivity index (χ1n) is 19.3. The highest BCUT2D eigenvalue weighted by molar-refractivity contribution is 7.26. The third kappa shape index (κ3) is 4.97. The Morgan fingerprint density at radius 3 is 1.77 bits per heavy atom. The van der Waals surface area contributed by atoms with Crippen LogP contribution in [0, 0.1) is 0 Å². The molecule has 1 aliphatic carbocycles. The smallest absolute Gasteiger partial charge is 0.167 e. The van der Waals surface area contributed by atoms with Crippen LogP contribution in [0.2, 0.25) is 0 Å². The Balaban J connectivity index is 1.07. The predicted octanol–water partition coefficient (Wildman–Crippen LogP) is 13.5. The van der Waals surface area contributed by atoms with Crippen molar-refractivity contribution < 1.29 is 4.42 Å². The van der Waals surface area contributed by atoms with Crippen LogP contribution in [-0.2, 0) is 0 Å². The van der Waals surface area contributed by atoms with Crippen LogP contribution >= 0.6 is 11.3 Å². The topological polar surface area (TPSA) is 55.1 Å². The Morgan fingerprint density at radius 1 is 0.456 bits per heavy atom. The van der Waals surface area contributed by atoms with Gasteiger partial charge in [0, 0.05) is 59.2 Å². The van der Waals surface area contributed by atoms with E-state index in [4.69, 9.17) is 19.4 Å². The summed E-state index contributed by atoms with van der Waals surface area (Å²) in [7, 11) is 0. The first-order valence-corrected chi connectivity index (χ1v) is 20.1. The van der Waals surface area contributed by atoms with Crippen LogP contribution < -0.4 is 4.90 Å². The van der Waals surface area contributed by atoms with Crippen LogP contribution in [0.25, 0.3) is 87.4 Å². The first-order chi connectivity index (χ1) is 28.3. The van der Waals surface area contributed by atoms with Gasteiger partial charge in [0.2, 0.25) is 0 Å². The number of allylic oxidation sites excluding steroid dienone is 2. The normalized spacial score (nSPS) is 15.9. The second-order valence-corrected chi connectivity index (χ2v) is 15.7. The quantitative estimate of drug-likeness (QED) is 0.175. The van der Waals surface area contributed by atoms with Crippen molar-refractivity contribution in [1.82, 2.24) is 15.0 Å². The molecule has 2 atom stereocenters. The molecular formula is C51H32N4OS. The molecule has 1 aliphatic heterocycles. The SMILES string of the molecule is C1=CC2c3ccccc3N(c3cccc4sc5cccc(-c6cccc7c6oc6c(-c8nc(-c9ccccc9)nc(-c9ccccc9)n8)cccc67)c5c34)C2C=C1. The zero-order valence-electron chi connectivity index (χ0n) is 30.6. The van der Waals surface area contributed by atoms with Gasteiger partial charge in [0.15, 0.2) is 17.5 Å². The number of anilines is 2. The van der Waals surface area contributed by atoms with E-state index in [-0.39, 0.29) is 6.04 Å². The minimum Gasteiger partial charge on any atom is -0.455 e. The summed E-state index contributed by atoms with van der Waals surface area (Å²) in [5.74, 6) is 2.11. The molecule has 7 aromatic carbocycles. The first kappa shape index (κ1) is 32.1. The summed E-state index contributed by atoms with van der Waals surface area (Å²) in [6.07, 6.45) is 9.07. The van der Waals surface area contributed by atoms with Gasteiger partial charge in [-0.2, -0.15) is 0 Å². The molecule has 10 aromatic rings. The molecule has 12 rings (SSSR count). The molecule has 0 amide bonds. The van der Waals surface area contributed by atoms with Gasteiger partial charge >= 0.3 is 0 Å². The fourth-order valence-electron chi connectivity index (χ4n) is 8.98. The Morgan fingerprint density at radius 2 is 1.02 bits per heavy atom. The maximum Gasteiger partial charge on any atom is 0.167 e. The van der Waals surface area contributed by atoms with E-state index in [0.717, 1.165) is 49.8 Å². The predicted molar refractivity (Wildman–Crippen MR) is 235 cm³/mol. The number of fused-ring (bicyclic) bond motifs is 9. The molecule has 0 spiro atoms. The number of furan rings is 1. The number of aromatic nitrogens is 3. The molecule has 2 unspecified atom stereocenters. The van der Waals surface area contributed by atoms with Gasteiger partial charge in [0.05, 0.1) is 17.3 Å². The third-order valence-corrected chi connectivity index (χ3v) is 12.6. The standard InChI is InChI=1S/C51H32N4OS/c1-3-15-31(16-4-1)49-52-50(32-17-5-2-6-18-32)54-51(53-49)39-25-12-24-38-37-23-11-22-36(47(37)56-48(38)39)35-21-13-29-43-45(35)46-42(28-14-30-44(46)57-43)55-40-26-9-7-19-33(40)34-20-8-10-27-41(34)55/h1-30,33,40H. The molecule has 57 heavy (non-hydrogen) atoms. The Bertz CT molecular complexity index is 3210. The molecule has 0 fully saturated rings. The molecule has 0 saturated carbocycles. The third-order valence-electron chi connectivity index (χ3n) is 11.5. The fraction of sp³-hybridized carbons (Fsp3) is 0.0392. The number of rotatable bonds is 5. The van der Waals surface area contributed by atoms with Gasteiger partial charge in [-0.3, -0.25) is 0 Å². The van der Waals surface area contributed by atoms with Gasteiger partial charge in [-0.05, 0) is 41.5 Å². The average molecular weight is 749 g/mol. The second-order valence-electron chi connectivity index (χ2n) is 14.7. The summed E-state index contributed by atoms with van der Waals surface area (Å²) >= 11 is 1.85. The summed E-state index contributed by atoms with van der Waals surface area (Å²) in [5.41, 5.74) is 10.3. The summed E-state index contributed by atoms with van der Waals surface area (Å²) in [6.45, 7) is 0. The van der Waals surface area contributed by atoms with E-state index in [9.17, 15) is 0 Å². The monoisotopic (exact) mass is 748 g/mol. The molecule has 5 nitrogen and oxygen atoms in total. The van der Waals surface area contributed by atoms with Crippen LogP contribution in [0.5, 0.6) is 0 Å². The zero-order chi connectivity index (χ0) is 37.5. The fourth-order valence-corrected chi connectivity index (χ4v) is 10.1. The van der Waals surface area contributed by atoms with Crippen LogP contribution in [0.15, 0.2) is 186 Å². The maximum atomic E-state index is 7.08. The number of thiophene rings is 1. The van der Waals surface area contributed by atoms with Gasteiger partial charge in [-0.15, -0.1) is 11.3 Å². The van der Waals surface area contributed by atoms with E-state index in [1.165, 1.54) is 37.1 Å². The zero-order valence-corrected chi connectivity index (χ0v) is 31.4. The number of para-hydroxylation sites is 3. The lowest BCUT2D eigenvalue weighted by Crippen LogP contribution is -2.28. The van der Waals surface area contributed by atoms with Crippen molar-refractivity contribution in [3.05, 3.63) is 188 Å². The van der Waals surface area contributed by atoms with Crippen molar-refractivity contribution in [3.8, 4) is 45.3 Å². The van der Waals surface area contributed by atoms with Gasteiger partial charge in [-0.25, -0.2) is 15.0 Å². The van der Waals surface area contributed by atoms with Crippen molar-refractivity contribution in [3.63, 3.8) is 0 Å². The van der Waals surface area contributed by atoms with Crippen molar-refractivity contribution >= 4 is 64.8 Å². The summed E-state index contributed by atoms with van der Waals surface area (Å²) in [5, 5.41) is 4.59. The van der Waals surface area contributed by atoms with Gasteiger partial charge < -0.3 is 9.32 Å². The van der Waals surface area contributed by atoms with Gasteiger partial charge in [0.1, 0.15) is 11.2 Å². The lowest BCUT2D eigenvalue weighted by molar-refractivity contribution is 0.670. The molecule has 6 heteroatoms. The highest BCUT2D eigenvalue weighted by Gasteiger charge is 2.38. The molecule has 4 heterocycles. The van der Waals surface area contributed by atoms with Crippen molar-refractivity contribution in [1.29, 1.82) is 0 Å². The molecule has 0 saturated heterocycles. The minimum atomic E-state index is 0.206.